The molecular weight excluding hydrogens is 825 g/mol. The van der Waals surface area contributed by atoms with Gasteiger partial charge in [0.05, 0.1) is 48.9 Å². The van der Waals surface area contributed by atoms with Crippen molar-refractivity contribution in [1.82, 2.24) is 30.2 Å². The molecule has 8 heterocycles. The molecule has 2 unspecified atom stereocenters. The van der Waals surface area contributed by atoms with Crippen molar-refractivity contribution in [2.24, 2.45) is 0 Å². The van der Waals surface area contributed by atoms with Gasteiger partial charge in [0.15, 0.2) is 0 Å². The van der Waals surface area contributed by atoms with Crippen molar-refractivity contribution in [2.45, 2.75) is 32.5 Å². The Labute approximate surface area is 362 Å². The van der Waals surface area contributed by atoms with Gasteiger partial charge in [-0.2, -0.15) is 0 Å². The normalized spacial score (nSPS) is 16.3. The topological polar surface area (TPSA) is 117 Å². The van der Waals surface area contributed by atoms with Crippen LogP contribution in [0.15, 0.2) is 127 Å². The Bertz CT molecular complexity index is 3080. The maximum absolute atomic E-state index is 12.8. The fourth-order valence-corrected chi connectivity index (χ4v) is 11.2. The standard InChI is InChI=1S/C27H22N4O2S2.C19H16N4S2/c1-17-20(10-12-31(17)27(32)33-15-18-5-3-2-4-6-18)25-14-21-22(9-11-28-26(21)35-25)30-19-7-8-24-23(13-19)29-16-34-24;1-11-13(4-6-20-11)18-9-14-15(5-7-21-19(14)25-18)23-12-2-3-17-16(8-12)22-10-24-17/h2-11,13-14,16-17H,12,15H2,1H3,(H,28,30);2-5,7-11,20H,6H2,1H3,(H,21,23). The molecule has 11 rings (SSSR count). The van der Waals surface area contributed by atoms with Crippen molar-refractivity contribution in [3.8, 4) is 0 Å². The fourth-order valence-electron chi connectivity index (χ4n) is 7.54. The number of nitrogens with zero attached hydrogens (tertiary/aromatic N) is 5. The SMILES string of the molecule is CC1C(c2cc3c(Nc4ccc5scnc5c4)ccnc3s2)=CCN1C(=O)OCc1ccccc1.CC1NCC=C1c1cc2c(Nc3ccc4scnc4c3)ccnc2s1. The first kappa shape index (κ1) is 38.2. The highest BCUT2D eigenvalue weighted by atomic mass is 32.1. The molecule has 2 aliphatic rings. The van der Waals surface area contributed by atoms with Crippen molar-refractivity contribution in [1.29, 1.82) is 0 Å². The van der Waals surface area contributed by atoms with Gasteiger partial charge in [0, 0.05) is 63.4 Å². The lowest BCUT2D eigenvalue weighted by molar-refractivity contribution is 0.0977. The van der Waals surface area contributed by atoms with Gasteiger partial charge in [-0.3, -0.25) is 4.90 Å². The first-order chi connectivity index (χ1) is 29.4. The second-order valence-electron chi connectivity index (χ2n) is 14.5. The van der Waals surface area contributed by atoms with Crippen LogP contribution >= 0.6 is 45.3 Å². The number of amides is 1. The van der Waals surface area contributed by atoms with Crippen LogP contribution in [0.25, 0.3) is 52.0 Å². The van der Waals surface area contributed by atoms with E-state index in [0.29, 0.717) is 12.6 Å². The third-order valence-corrected chi connectivity index (χ3v) is 14.5. The maximum Gasteiger partial charge on any atom is 0.410 e. The van der Waals surface area contributed by atoms with Crippen LogP contribution in [-0.2, 0) is 11.3 Å². The van der Waals surface area contributed by atoms with E-state index in [2.05, 4.69) is 103 Å². The number of thiazole rings is 2. The maximum atomic E-state index is 12.8. The number of nitrogens with one attached hydrogen (secondary N) is 3. The highest BCUT2D eigenvalue weighted by molar-refractivity contribution is 7.20. The number of hydrogen-bond acceptors (Lipinski definition) is 13. The van der Waals surface area contributed by atoms with Gasteiger partial charge in [-0.15, -0.1) is 45.3 Å². The summed E-state index contributed by atoms with van der Waals surface area (Å²) < 4.78 is 7.94. The number of benzene rings is 3. The summed E-state index contributed by atoms with van der Waals surface area (Å²) in [6.07, 6.45) is 7.79. The van der Waals surface area contributed by atoms with Crippen molar-refractivity contribution < 1.29 is 9.53 Å². The van der Waals surface area contributed by atoms with Crippen LogP contribution in [0.5, 0.6) is 0 Å². The zero-order valence-corrected chi connectivity index (χ0v) is 35.9. The first-order valence-corrected chi connectivity index (χ1v) is 22.9. The molecule has 0 bridgehead atoms. The molecule has 3 N–H and O–H groups in total. The average Bonchev–Trinajstić information content (AvgIpc) is 4.13. The summed E-state index contributed by atoms with van der Waals surface area (Å²) in [6, 6.07) is 31.0. The van der Waals surface area contributed by atoms with Gasteiger partial charge in [-0.25, -0.2) is 24.7 Å². The molecule has 2 aliphatic heterocycles. The van der Waals surface area contributed by atoms with E-state index >= 15 is 0 Å². The van der Waals surface area contributed by atoms with E-state index in [0.717, 1.165) is 71.4 Å². The van der Waals surface area contributed by atoms with Gasteiger partial charge in [0.1, 0.15) is 16.3 Å². The summed E-state index contributed by atoms with van der Waals surface area (Å²) in [7, 11) is 0. The lowest BCUT2D eigenvalue weighted by Gasteiger charge is -2.23. The first-order valence-electron chi connectivity index (χ1n) is 19.5. The number of thiophene rings is 2. The van der Waals surface area contributed by atoms with E-state index in [1.54, 1.807) is 50.2 Å². The predicted molar refractivity (Wildman–Crippen MR) is 251 cm³/mol. The third kappa shape index (κ3) is 7.75. The summed E-state index contributed by atoms with van der Waals surface area (Å²) in [5.41, 5.74) is 13.4. The van der Waals surface area contributed by atoms with E-state index in [9.17, 15) is 4.79 Å². The zero-order valence-electron chi connectivity index (χ0n) is 32.6. The van der Waals surface area contributed by atoms with Crippen LogP contribution in [0.2, 0.25) is 0 Å². The van der Waals surface area contributed by atoms with E-state index in [4.69, 9.17) is 4.74 Å². The number of pyridine rings is 2. The molecule has 3 aromatic carbocycles. The van der Waals surface area contributed by atoms with E-state index in [1.807, 2.05) is 72.8 Å². The van der Waals surface area contributed by atoms with Gasteiger partial charge in [-0.1, -0.05) is 42.5 Å². The van der Waals surface area contributed by atoms with Crippen molar-refractivity contribution >= 4 is 126 Å². The van der Waals surface area contributed by atoms with Crippen LogP contribution in [0.3, 0.4) is 0 Å². The minimum Gasteiger partial charge on any atom is -0.445 e. The molecule has 9 aromatic rings. The molecule has 10 nitrogen and oxygen atoms in total. The average molecular weight is 863 g/mol. The number of carbonyl (C=O) groups is 1. The Hall–Kier alpha value is -6.03. The highest BCUT2D eigenvalue weighted by Crippen LogP contribution is 2.40. The summed E-state index contributed by atoms with van der Waals surface area (Å²) in [6.45, 7) is 6.00. The third-order valence-electron chi connectivity index (χ3n) is 10.7. The predicted octanol–water partition coefficient (Wildman–Crippen LogP) is 12.1. The zero-order chi connectivity index (χ0) is 40.6. The van der Waals surface area contributed by atoms with Crippen LogP contribution in [0, 0.1) is 0 Å². The molecule has 0 fully saturated rings. The van der Waals surface area contributed by atoms with Crippen molar-refractivity contribution in [2.75, 3.05) is 23.7 Å². The Kier molecular flexibility index (Phi) is 10.5. The van der Waals surface area contributed by atoms with Crippen LogP contribution in [0.1, 0.15) is 29.2 Å². The highest BCUT2D eigenvalue weighted by Gasteiger charge is 2.30. The number of anilines is 4. The van der Waals surface area contributed by atoms with Gasteiger partial charge in [0.2, 0.25) is 0 Å². The Balaban J connectivity index is 0.000000152. The second kappa shape index (κ2) is 16.6. The summed E-state index contributed by atoms with van der Waals surface area (Å²) >= 11 is 6.70. The van der Waals surface area contributed by atoms with Gasteiger partial charge in [0.25, 0.3) is 0 Å². The molecule has 6 aromatic heterocycles. The molecule has 0 spiro atoms. The number of rotatable bonds is 8. The quantitative estimate of drug-likeness (QED) is 0.137. The summed E-state index contributed by atoms with van der Waals surface area (Å²) in [4.78, 5) is 36.9. The molecule has 0 saturated heterocycles. The number of hydrogen-bond donors (Lipinski definition) is 3. The smallest absolute Gasteiger partial charge is 0.410 e. The molecule has 60 heavy (non-hydrogen) atoms. The van der Waals surface area contributed by atoms with E-state index in [-0.39, 0.29) is 18.7 Å². The number of ether oxygens (including phenoxy) is 1. The van der Waals surface area contributed by atoms with Gasteiger partial charge < -0.3 is 20.7 Å². The minimum absolute atomic E-state index is 0.0742. The molecule has 0 radical (unpaired) electrons. The largest absolute Gasteiger partial charge is 0.445 e. The van der Waals surface area contributed by atoms with Crippen LogP contribution in [0.4, 0.5) is 27.5 Å². The van der Waals surface area contributed by atoms with Crippen LogP contribution < -0.4 is 16.0 Å². The second-order valence-corrected chi connectivity index (χ2v) is 18.3. The van der Waals surface area contributed by atoms with E-state index < -0.39 is 0 Å². The Morgan fingerprint density at radius 1 is 0.733 bits per heavy atom. The lowest BCUT2D eigenvalue weighted by atomic mass is 10.1. The Morgan fingerprint density at radius 2 is 1.33 bits per heavy atom. The Morgan fingerprint density at radius 3 is 1.92 bits per heavy atom. The molecule has 14 heteroatoms. The molecular formula is C46H38N8O2S4. The van der Waals surface area contributed by atoms with Crippen molar-refractivity contribution in [3.63, 3.8) is 0 Å². The minimum atomic E-state index is -0.299. The lowest BCUT2D eigenvalue weighted by Crippen LogP contribution is -2.35. The summed E-state index contributed by atoms with van der Waals surface area (Å²) in [5.74, 6) is 0. The number of fused-ring (bicyclic) bond motifs is 4. The van der Waals surface area contributed by atoms with Gasteiger partial charge >= 0.3 is 6.09 Å². The van der Waals surface area contributed by atoms with Crippen LogP contribution in [-0.4, -0.2) is 56.1 Å². The molecule has 298 valence electrons. The summed E-state index contributed by atoms with van der Waals surface area (Å²) in [5, 5.41) is 12.8. The monoisotopic (exact) mass is 862 g/mol. The van der Waals surface area contributed by atoms with Crippen molar-refractivity contribution in [3.05, 3.63) is 142 Å². The van der Waals surface area contributed by atoms with E-state index in [1.165, 1.54) is 25.2 Å². The number of aromatic nitrogens is 4. The molecule has 1 amide bonds. The number of carbonyl (C=O) groups excluding carboxylic acids is 1. The fraction of sp³-hybridized carbons (Fsp3) is 0.152. The molecule has 0 saturated carbocycles. The van der Waals surface area contributed by atoms with Gasteiger partial charge in [-0.05, 0) is 91.2 Å². The molecule has 2 atom stereocenters. The molecule has 0 aliphatic carbocycles.